The molecule has 0 N–H and O–H groups in total. The van der Waals surface area contributed by atoms with E-state index < -0.39 is 23.7 Å². The highest BCUT2D eigenvalue weighted by atomic mass is 19.4. The molecule has 26 heavy (non-hydrogen) atoms. The zero-order chi connectivity index (χ0) is 19.3. The molecule has 0 fully saturated rings. The van der Waals surface area contributed by atoms with Crippen LogP contribution in [0.5, 0.6) is 0 Å². The van der Waals surface area contributed by atoms with Gasteiger partial charge in [0, 0.05) is 0 Å². The van der Waals surface area contributed by atoms with Crippen molar-refractivity contribution in [2.75, 3.05) is 0 Å². The van der Waals surface area contributed by atoms with E-state index >= 15 is 0 Å². The number of aromatic nitrogens is 2. The fourth-order valence-corrected chi connectivity index (χ4v) is 2.99. The first-order valence-corrected chi connectivity index (χ1v) is 7.79. The second kappa shape index (κ2) is 6.03. The summed E-state index contributed by atoms with van der Waals surface area (Å²) in [6, 6.07) is 7.35. The summed E-state index contributed by atoms with van der Waals surface area (Å²) in [7, 11) is 0. The molecule has 0 radical (unpaired) electrons. The fraction of sp³-hybridized carbons (Fsp3) is 0.278. The summed E-state index contributed by atoms with van der Waals surface area (Å²) >= 11 is 0. The molecule has 0 amide bonds. The van der Waals surface area contributed by atoms with Crippen LogP contribution in [0.3, 0.4) is 0 Å². The van der Waals surface area contributed by atoms with Crippen molar-refractivity contribution in [2.45, 2.75) is 32.6 Å². The van der Waals surface area contributed by atoms with Gasteiger partial charge in [-0.25, -0.2) is 4.98 Å². The van der Waals surface area contributed by atoms with Gasteiger partial charge in [0.1, 0.15) is 0 Å². The first-order valence-electron chi connectivity index (χ1n) is 7.79. The Morgan fingerprint density at radius 2 is 1.65 bits per heavy atom. The molecule has 2 aromatic carbocycles. The van der Waals surface area contributed by atoms with Gasteiger partial charge in [0.2, 0.25) is 5.82 Å². The van der Waals surface area contributed by atoms with Gasteiger partial charge in [-0.3, -0.25) is 4.57 Å². The lowest BCUT2D eigenvalue weighted by Gasteiger charge is -2.16. The molecular weight excluding hydrogens is 358 g/mol. The molecule has 0 bridgehead atoms. The smallest absolute Gasteiger partial charge is 0.288 e. The summed E-state index contributed by atoms with van der Waals surface area (Å²) in [4.78, 5) is 3.47. The van der Waals surface area contributed by atoms with Crippen molar-refractivity contribution in [3.63, 3.8) is 0 Å². The van der Waals surface area contributed by atoms with Crippen LogP contribution in [0.2, 0.25) is 0 Å². The zero-order valence-electron chi connectivity index (χ0n) is 13.8. The quantitative estimate of drug-likeness (QED) is 0.510. The van der Waals surface area contributed by atoms with Gasteiger partial charge < -0.3 is 0 Å². The van der Waals surface area contributed by atoms with Crippen molar-refractivity contribution in [3.8, 4) is 5.69 Å². The molecular formula is C18H14F6N2. The Balaban J connectivity index is 2.37. The highest BCUT2D eigenvalue weighted by Gasteiger charge is 2.39. The van der Waals surface area contributed by atoms with E-state index in [1.807, 2.05) is 6.92 Å². The zero-order valence-corrected chi connectivity index (χ0v) is 13.8. The minimum atomic E-state index is -4.81. The maximum absolute atomic E-state index is 13.5. The standard InChI is InChI=1S/C18H14F6N2/c1-3-11-5-4-6-14(10(11)2)26-15-8-7-12(17(19,20)21)9-13(15)25-16(26)18(22,23)24/h4-9H,3H2,1-2H3. The first-order chi connectivity index (χ1) is 12.0. The Kier molecular flexibility index (Phi) is 4.24. The Bertz CT molecular complexity index is 966. The highest BCUT2D eigenvalue weighted by Crippen LogP contribution is 2.37. The Hall–Kier alpha value is -2.51. The summed E-state index contributed by atoms with van der Waals surface area (Å²) in [6.45, 7) is 3.56. The lowest BCUT2D eigenvalue weighted by atomic mass is 10.0. The molecule has 0 aliphatic rings. The lowest BCUT2D eigenvalue weighted by Crippen LogP contribution is -2.15. The van der Waals surface area contributed by atoms with Gasteiger partial charge in [-0.2, -0.15) is 26.3 Å². The highest BCUT2D eigenvalue weighted by molar-refractivity contribution is 5.80. The van der Waals surface area contributed by atoms with E-state index in [4.69, 9.17) is 0 Å². The van der Waals surface area contributed by atoms with Crippen LogP contribution in [-0.4, -0.2) is 9.55 Å². The van der Waals surface area contributed by atoms with Crippen molar-refractivity contribution in [2.24, 2.45) is 0 Å². The van der Waals surface area contributed by atoms with Crippen LogP contribution in [-0.2, 0) is 18.8 Å². The van der Waals surface area contributed by atoms with E-state index in [0.717, 1.165) is 22.3 Å². The molecule has 0 saturated carbocycles. The van der Waals surface area contributed by atoms with Crippen molar-refractivity contribution in [1.29, 1.82) is 0 Å². The number of halogens is 6. The third-order valence-electron chi connectivity index (χ3n) is 4.27. The lowest BCUT2D eigenvalue weighted by molar-refractivity contribution is -0.145. The van der Waals surface area contributed by atoms with Gasteiger partial charge in [0.05, 0.1) is 22.3 Å². The first kappa shape index (κ1) is 18.3. The number of rotatable bonds is 2. The molecule has 1 heterocycles. The maximum atomic E-state index is 13.5. The molecule has 0 spiro atoms. The number of benzene rings is 2. The number of aryl methyl sites for hydroxylation is 1. The molecule has 8 heteroatoms. The predicted molar refractivity (Wildman–Crippen MR) is 85.2 cm³/mol. The van der Waals surface area contributed by atoms with Crippen LogP contribution in [0.25, 0.3) is 16.7 Å². The van der Waals surface area contributed by atoms with Gasteiger partial charge in [-0.05, 0) is 48.7 Å². The van der Waals surface area contributed by atoms with Crippen LogP contribution in [0.15, 0.2) is 36.4 Å². The SMILES string of the molecule is CCc1cccc(-n2c(C(F)(F)F)nc3cc(C(F)(F)F)ccc32)c1C. The summed E-state index contributed by atoms with van der Waals surface area (Å²) in [5.41, 5.74) is 0.306. The third-order valence-corrected chi connectivity index (χ3v) is 4.27. The summed E-state index contributed by atoms with van der Waals surface area (Å²) < 4.78 is 80.1. The van der Waals surface area contributed by atoms with E-state index in [0.29, 0.717) is 18.1 Å². The van der Waals surface area contributed by atoms with E-state index in [1.54, 1.807) is 19.1 Å². The number of alkyl halides is 6. The van der Waals surface area contributed by atoms with Crippen molar-refractivity contribution >= 4 is 11.0 Å². The molecule has 0 atom stereocenters. The molecule has 0 unspecified atom stereocenters. The molecule has 3 rings (SSSR count). The van der Waals surface area contributed by atoms with Crippen molar-refractivity contribution in [1.82, 2.24) is 9.55 Å². The maximum Gasteiger partial charge on any atom is 0.450 e. The Labute approximate surface area is 145 Å². The van der Waals surface area contributed by atoms with Crippen LogP contribution < -0.4 is 0 Å². The third kappa shape index (κ3) is 3.04. The van der Waals surface area contributed by atoms with Gasteiger partial charge in [-0.15, -0.1) is 0 Å². The van der Waals surface area contributed by atoms with E-state index in [-0.39, 0.29) is 16.7 Å². The van der Waals surface area contributed by atoms with Gasteiger partial charge >= 0.3 is 12.4 Å². The molecule has 3 aromatic rings. The number of hydrogen-bond donors (Lipinski definition) is 0. The monoisotopic (exact) mass is 372 g/mol. The summed E-state index contributed by atoms with van der Waals surface area (Å²) in [6.07, 6.45) is -8.85. The fourth-order valence-electron chi connectivity index (χ4n) is 2.99. The van der Waals surface area contributed by atoms with Crippen molar-refractivity contribution in [3.05, 3.63) is 58.9 Å². The average Bonchev–Trinajstić information content (AvgIpc) is 2.93. The average molecular weight is 372 g/mol. The second-order valence-corrected chi connectivity index (χ2v) is 5.88. The van der Waals surface area contributed by atoms with Crippen molar-refractivity contribution < 1.29 is 26.3 Å². The number of nitrogens with zero attached hydrogens (tertiary/aromatic N) is 2. The number of imidazole rings is 1. The topological polar surface area (TPSA) is 17.8 Å². The Morgan fingerprint density at radius 1 is 0.962 bits per heavy atom. The summed E-state index contributed by atoms with van der Waals surface area (Å²) in [5.74, 6) is -1.25. The largest absolute Gasteiger partial charge is 0.450 e. The molecule has 2 nitrogen and oxygen atoms in total. The number of hydrogen-bond acceptors (Lipinski definition) is 1. The van der Waals surface area contributed by atoms with E-state index in [1.165, 1.54) is 6.07 Å². The van der Waals surface area contributed by atoms with Gasteiger partial charge in [0.25, 0.3) is 0 Å². The van der Waals surface area contributed by atoms with Crippen LogP contribution in [0.1, 0.15) is 29.4 Å². The predicted octanol–water partition coefficient (Wildman–Crippen LogP) is 5.93. The summed E-state index contributed by atoms with van der Waals surface area (Å²) in [5, 5.41) is 0. The van der Waals surface area contributed by atoms with E-state index in [2.05, 4.69) is 4.98 Å². The molecule has 138 valence electrons. The normalized spacial score (nSPS) is 12.8. The number of fused-ring (bicyclic) bond motifs is 1. The minimum Gasteiger partial charge on any atom is -0.288 e. The van der Waals surface area contributed by atoms with Gasteiger partial charge in [-0.1, -0.05) is 19.1 Å². The second-order valence-electron chi connectivity index (χ2n) is 5.88. The van der Waals surface area contributed by atoms with Gasteiger partial charge in [0.15, 0.2) is 0 Å². The van der Waals surface area contributed by atoms with E-state index in [9.17, 15) is 26.3 Å². The molecule has 0 aliphatic heterocycles. The van der Waals surface area contributed by atoms with Crippen LogP contribution in [0.4, 0.5) is 26.3 Å². The molecule has 1 aromatic heterocycles. The molecule has 0 saturated heterocycles. The molecule has 0 aliphatic carbocycles. The van der Waals surface area contributed by atoms with Crippen LogP contribution >= 0.6 is 0 Å². The minimum absolute atomic E-state index is 0.0262. The van der Waals surface area contributed by atoms with Crippen LogP contribution in [0, 0.1) is 6.92 Å². The Morgan fingerprint density at radius 3 is 2.23 bits per heavy atom.